The second kappa shape index (κ2) is 7.66. The van der Waals surface area contributed by atoms with Crippen molar-refractivity contribution >= 4 is 28.8 Å². The molecule has 4 nitrogen and oxygen atoms in total. The van der Waals surface area contributed by atoms with E-state index in [-0.39, 0.29) is 5.91 Å². The van der Waals surface area contributed by atoms with E-state index < -0.39 is 0 Å². The van der Waals surface area contributed by atoms with Crippen molar-refractivity contribution in [2.75, 3.05) is 40.5 Å². The van der Waals surface area contributed by atoms with E-state index in [1.54, 1.807) is 31.3 Å². The Morgan fingerprint density at radius 2 is 1.88 bits per heavy atom. The summed E-state index contributed by atoms with van der Waals surface area (Å²) in [5.74, 6) is -0.0315. The number of carbonyl (C=O) groups is 1. The fourth-order valence-electron chi connectivity index (χ4n) is 1.30. The Labute approximate surface area is 110 Å². The lowest BCUT2D eigenvalue weighted by Gasteiger charge is -2.21. The summed E-state index contributed by atoms with van der Waals surface area (Å²) in [6.45, 7) is 2.12. The van der Waals surface area contributed by atoms with E-state index in [9.17, 15) is 4.79 Å². The van der Waals surface area contributed by atoms with Crippen molar-refractivity contribution < 1.29 is 14.3 Å². The van der Waals surface area contributed by atoms with Gasteiger partial charge in [-0.3, -0.25) is 4.79 Å². The molecule has 1 rings (SSSR count). The summed E-state index contributed by atoms with van der Waals surface area (Å²) in [4.78, 5) is 14.5. The van der Waals surface area contributed by atoms with Crippen molar-refractivity contribution in [3.63, 3.8) is 0 Å². The van der Waals surface area contributed by atoms with Crippen LogP contribution >= 0.6 is 22.9 Å². The fourth-order valence-corrected chi connectivity index (χ4v) is 2.31. The molecular formula is C11H16ClNO3S. The number of hydrogen-bond acceptors (Lipinski definition) is 4. The van der Waals surface area contributed by atoms with E-state index in [0.717, 1.165) is 0 Å². The zero-order valence-electron chi connectivity index (χ0n) is 9.94. The van der Waals surface area contributed by atoms with E-state index in [4.69, 9.17) is 21.1 Å². The highest BCUT2D eigenvalue weighted by molar-refractivity contribution is 7.17. The third kappa shape index (κ3) is 4.63. The summed E-state index contributed by atoms with van der Waals surface area (Å²) in [5.41, 5.74) is 0. The topological polar surface area (TPSA) is 38.8 Å². The first-order valence-electron chi connectivity index (χ1n) is 5.21. The van der Waals surface area contributed by atoms with Gasteiger partial charge in [0.25, 0.3) is 5.91 Å². The first-order chi connectivity index (χ1) is 8.19. The summed E-state index contributed by atoms with van der Waals surface area (Å²) in [5, 5.41) is 0. The van der Waals surface area contributed by atoms with E-state index in [2.05, 4.69) is 0 Å². The fraction of sp³-hybridized carbons (Fsp3) is 0.545. The minimum absolute atomic E-state index is 0.0315. The van der Waals surface area contributed by atoms with Crippen molar-refractivity contribution in [2.24, 2.45) is 0 Å². The van der Waals surface area contributed by atoms with Crippen molar-refractivity contribution in [1.29, 1.82) is 0 Å². The van der Waals surface area contributed by atoms with Crippen LogP contribution in [0.3, 0.4) is 0 Å². The molecule has 0 saturated heterocycles. The van der Waals surface area contributed by atoms with Gasteiger partial charge in [-0.15, -0.1) is 11.3 Å². The largest absolute Gasteiger partial charge is 0.383 e. The van der Waals surface area contributed by atoms with Crippen LogP contribution in [0.25, 0.3) is 0 Å². The molecule has 0 spiro atoms. The maximum atomic E-state index is 12.1. The summed E-state index contributed by atoms with van der Waals surface area (Å²) in [7, 11) is 3.22. The lowest BCUT2D eigenvalue weighted by atomic mass is 10.4. The van der Waals surface area contributed by atoms with Gasteiger partial charge in [-0.1, -0.05) is 11.6 Å². The molecule has 1 aromatic heterocycles. The molecule has 0 aliphatic heterocycles. The number of amides is 1. The van der Waals surface area contributed by atoms with E-state index in [0.29, 0.717) is 35.5 Å². The van der Waals surface area contributed by atoms with Crippen LogP contribution in [0.15, 0.2) is 12.1 Å². The lowest BCUT2D eigenvalue weighted by molar-refractivity contribution is 0.0632. The third-order valence-electron chi connectivity index (χ3n) is 2.20. The molecule has 0 aliphatic carbocycles. The molecule has 17 heavy (non-hydrogen) atoms. The summed E-state index contributed by atoms with van der Waals surface area (Å²) >= 11 is 7.10. The molecule has 1 amide bonds. The molecule has 0 aromatic carbocycles. The second-order valence-corrected chi connectivity index (χ2v) is 5.10. The van der Waals surface area contributed by atoms with Crippen molar-refractivity contribution in [1.82, 2.24) is 4.90 Å². The van der Waals surface area contributed by atoms with Gasteiger partial charge < -0.3 is 14.4 Å². The predicted octanol–water partition coefficient (Wildman–Crippen LogP) is 2.14. The quantitative estimate of drug-likeness (QED) is 0.766. The van der Waals surface area contributed by atoms with Crippen LogP contribution in [-0.4, -0.2) is 51.3 Å². The summed E-state index contributed by atoms with van der Waals surface area (Å²) in [6.07, 6.45) is 0. The molecule has 0 fully saturated rings. The van der Waals surface area contributed by atoms with Gasteiger partial charge in [-0.25, -0.2) is 0 Å². The molecule has 0 radical (unpaired) electrons. The standard InChI is InChI=1S/C11H16ClNO3S/c1-15-7-5-13(6-8-16-2)11(14)9-3-4-10(12)17-9/h3-4H,5-8H2,1-2H3. The number of carbonyl (C=O) groups excluding carboxylic acids is 1. The Hall–Kier alpha value is -0.620. The van der Waals surface area contributed by atoms with Gasteiger partial charge in [0, 0.05) is 27.3 Å². The van der Waals surface area contributed by atoms with Gasteiger partial charge in [0.15, 0.2) is 0 Å². The highest BCUT2D eigenvalue weighted by Gasteiger charge is 2.16. The van der Waals surface area contributed by atoms with Gasteiger partial charge in [0.1, 0.15) is 0 Å². The SMILES string of the molecule is COCCN(CCOC)C(=O)c1ccc(Cl)s1. The Morgan fingerprint density at radius 1 is 1.29 bits per heavy atom. The first-order valence-corrected chi connectivity index (χ1v) is 6.41. The number of methoxy groups -OCH3 is 2. The van der Waals surface area contributed by atoms with Crippen molar-refractivity contribution in [3.8, 4) is 0 Å². The Morgan fingerprint density at radius 3 is 2.29 bits per heavy atom. The van der Waals surface area contributed by atoms with Crippen molar-refractivity contribution in [3.05, 3.63) is 21.3 Å². The number of hydrogen-bond donors (Lipinski definition) is 0. The summed E-state index contributed by atoms with van der Waals surface area (Å²) in [6, 6.07) is 3.46. The Kier molecular flexibility index (Phi) is 6.50. The van der Waals surface area contributed by atoms with Crippen LogP contribution in [0.1, 0.15) is 9.67 Å². The van der Waals surface area contributed by atoms with Gasteiger partial charge in [-0.2, -0.15) is 0 Å². The molecule has 1 heterocycles. The van der Waals surface area contributed by atoms with Gasteiger partial charge in [0.05, 0.1) is 22.4 Å². The number of ether oxygens (including phenoxy) is 2. The Bertz CT molecular complexity index is 348. The first kappa shape index (κ1) is 14.4. The molecule has 1 aromatic rings. The maximum Gasteiger partial charge on any atom is 0.264 e. The van der Waals surface area contributed by atoms with Crippen LogP contribution in [0.2, 0.25) is 4.34 Å². The molecule has 0 N–H and O–H groups in total. The molecule has 0 atom stereocenters. The lowest BCUT2D eigenvalue weighted by Crippen LogP contribution is -2.36. The summed E-state index contributed by atoms with van der Waals surface area (Å²) < 4.78 is 10.6. The van der Waals surface area contributed by atoms with E-state index in [1.807, 2.05) is 0 Å². The van der Waals surface area contributed by atoms with Crippen molar-refractivity contribution in [2.45, 2.75) is 0 Å². The molecular weight excluding hydrogens is 262 g/mol. The van der Waals surface area contributed by atoms with Gasteiger partial charge in [0.2, 0.25) is 0 Å². The van der Waals surface area contributed by atoms with Crippen LogP contribution in [0.5, 0.6) is 0 Å². The molecule has 96 valence electrons. The van der Waals surface area contributed by atoms with Gasteiger partial charge >= 0.3 is 0 Å². The van der Waals surface area contributed by atoms with Crippen LogP contribution in [0.4, 0.5) is 0 Å². The van der Waals surface area contributed by atoms with Crippen LogP contribution < -0.4 is 0 Å². The second-order valence-electron chi connectivity index (χ2n) is 3.38. The maximum absolute atomic E-state index is 12.1. The minimum Gasteiger partial charge on any atom is -0.383 e. The van der Waals surface area contributed by atoms with Crippen LogP contribution in [-0.2, 0) is 9.47 Å². The minimum atomic E-state index is -0.0315. The third-order valence-corrected chi connectivity index (χ3v) is 3.42. The highest BCUT2D eigenvalue weighted by Crippen LogP contribution is 2.22. The Balaban J connectivity index is 2.64. The number of nitrogens with zero attached hydrogens (tertiary/aromatic N) is 1. The average molecular weight is 278 g/mol. The molecule has 0 unspecified atom stereocenters. The molecule has 0 aliphatic rings. The molecule has 0 bridgehead atoms. The molecule has 6 heteroatoms. The molecule has 0 saturated carbocycles. The predicted molar refractivity (Wildman–Crippen MR) is 69.0 cm³/mol. The highest BCUT2D eigenvalue weighted by atomic mass is 35.5. The average Bonchev–Trinajstić information content (AvgIpc) is 2.75. The zero-order chi connectivity index (χ0) is 12.7. The number of rotatable bonds is 7. The normalized spacial score (nSPS) is 10.5. The zero-order valence-corrected chi connectivity index (χ0v) is 11.5. The number of thiophene rings is 1. The van der Waals surface area contributed by atoms with Crippen LogP contribution in [0, 0.1) is 0 Å². The monoisotopic (exact) mass is 277 g/mol. The van der Waals surface area contributed by atoms with E-state index in [1.165, 1.54) is 11.3 Å². The van der Waals surface area contributed by atoms with Gasteiger partial charge in [-0.05, 0) is 12.1 Å². The smallest absolute Gasteiger partial charge is 0.264 e. The van der Waals surface area contributed by atoms with E-state index >= 15 is 0 Å². The number of halogens is 1.